The predicted molar refractivity (Wildman–Crippen MR) is 72.5 cm³/mol. The Morgan fingerprint density at radius 3 is 1.61 bits per heavy atom. The van der Waals surface area contributed by atoms with Crippen molar-refractivity contribution >= 4 is 17.3 Å². The minimum Gasteiger partial charge on any atom is -0.399 e. The highest BCUT2D eigenvalue weighted by molar-refractivity contribution is 6.53. The van der Waals surface area contributed by atoms with E-state index < -0.39 is 10.8 Å². The first-order chi connectivity index (χ1) is 7.92. The van der Waals surface area contributed by atoms with Crippen LogP contribution in [-0.4, -0.2) is 24.4 Å². The van der Waals surface area contributed by atoms with E-state index in [0.29, 0.717) is 0 Å². The van der Waals surface area contributed by atoms with Crippen molar-refractivity contribution in [2.45, 2.75) is 41.5 Å². The van der Waals surface area contributed by atoms with Gasteiger partial charge in [-0.05, 0) is 0 Å². The molecule has 4 nitrogen and oxygen atoms in total. The third-order valence-corrected chi connectivity index (χ3v) is 2.32. The van der Waals surface area contributed by atoms with Crippen LogP contribution in [0.3, 0.4) is 0 Å². The van der Waals surface area contributed by atoms with Crippen LogP contribution < -0.4 is 0 Å². The first kappa shape index (κ1) is 16.6. The van der Waals surface area contributed by atoms with Gasteiger partial charge >= 0.3 is 0 Å². The molecule has 0 aromatic heterocycles. The highest BCUT2D eigenvalue weighted by Crippen LogP contribution is 2.24. The van der Waals surface area contributed by atoms with Crippen LogP contribution in [0.25, 0.3) is 0 Å². The molecule has 0 heterocycles. The average Bonchev–Trinajstić information content (AvgIpc) is 2.20. The summed E-state index contributed by atoms with van der Waals surface area (Å²) in [6.07, 6.45) is 0. The lowest BCUT2D eigenvalue weighted by atomic mass is 9.80. The molecule has 0 spiro atoms. The molecule has 0 N–H and O–H groups in total. The lowest BCUT2D eigenvalue weighted by Crippen LogP contribution is -2.35. The number of Topliss-reactive ketones (excluding diaryl/α,β-unsaturated/α-hetero) is 2. The van der Waals surface area contributed by atoms with Crippen molar-refractivity contribution in [1.82, 2.24) is 0 Å². The van der Waals surface area contributed by atoms with Crippen molar-refractivity contribution in [1.29, 1.82) is 0 Å². The highest BCUT2D eigenvalue weighted by Gasteiger charge is 2.34. The summed E-state index contributed by atoms with van der Waals surface area (Å²) in [5, 5.41) is 3.67. The number of oxime groups is 1. The number of carbonyl (C=O) groups is 2. The summed E-state index contributed by atoms with van der Waals surface area (Å²) in [5.74, 6) is -0.470. The standard InChI is InChI=1S/C14H23NO3/c1-9(11(16)13(2,3)4)10(15-18-8)12(17)14(5,6)7/h1H2,2-8H3/b15-10+. The second-order valence-electron chi connectivity index (χ2n) is 6.26. The molecule has 0 aromatic rings. The fourth-order valence-corrected chi connectivity index (χ4v) is 1.24. The van der Waals surface area contributed by atoms with Crippen LogP contribution in [0.2, 0.25) is 0 Å². The summed E-state index contributed by atoms with van der Waals surface area (Å²) >= 11 is 0. The number of allylic oxidation sites excluding steroid dienone is 1. The molecule has 0 radical (unpaired) electrons. The van der Waals surface area contributed by atoms with Gasteiger partial charge in [0.05, 0.1) is 0 Å². The smallest absolute Gasteiger partial charge is 0.190 e. The molecular weight excluding hydrogens is 230 g/mol. The van der Waals surface area contributed by atoms with Crippen LogP contribution in [0, 0.1) is 10.8 Å². The van der Waals surface area contributed by atoms with E-state index >= 15 is 0 Å². The van der Waals surface area contributed by atoms with Gasteiger partial charge in [0.15, 0.2) is 17.3 Å². The fraction of sp³-hybridized carbons (Fsp3) is 0.643. The van der Waals surface area contributed by atoms with Crippen LogP contribution in [0.4, 0.5) is 0 Å². The maximum absolute atomic E-state index is 12.2. The molecule has 0 saturated heterocycles. The Bertz CT molecular complexity index is 392. The SMILES string of the molecule is C=C(C(=O)C(C)(C)C)/C(=N\OC)C(=O)C(C)(C)C. The minimum absolute atomic E-state index is 0.00456. The van der Waals surface area contributed by atoms with Crippen LogP contribution in [0.5, 0.6) is 0 Å². The molecule has 0 aliphatic heterocycles. The first-order valence-corrected chi connectivity index (χ1v) is 5.83. The fourth-order valence-electron chi connectivity index (χ4n) is 1.24. The molecule has 0 aliphatic rings. The van der Waals surface area contributed by atoms with E-state index in [2.05, 4.69) is 16.6 Å². The molecule has 0 fully saturated rings. The van der Waals surface area contributed by atoms with Crippen molar-refractivity contribution in [2.24, 2.45) is 16.0 Å². The minimum atomic E-state index is -0.640. The van der Waals surface area contributed by atoms with Gasteiger partial charge in [-0.15, -0.1) is 0 Å². The Kier molecular flexibility index (Phi) is 5.02. The van der Waals surface area contributed by atoms with Crippen molar-refractivity contribution in [3.05, 3.63) is 12.2 Å². The summed E-state index contributed by atoms with van der Waals surface area (Å²) in [7, 11) is 1.34. The number of hydrogen-bond acceptors (Lipinski definition) is 4. The maximum atomic E-state index is 12.2. The normalized spacial score (nSPS) is 13.2. The molecule has 18 heavy (non-hydrogen) atoms. The topological polar surface area (TPSA) is 55.7 Å². The average molecular weight is 253 g/mol. The van der Waals surface area contributed by atoms with Gasteiger partial charge in [0, 0.05) is 16.4 Å². The summed E-state index contributed by atoms with van der Waals surface area (Å²) < 4.78 is 0. The zero-order valence-electron chi connectivity index (χ0n) is 12.4. The molecule has 4 heteroatoms. The zero-order chi connectivity index (χ0) is 14.7. The molecule has 0 unspecified atom stereocenters. The Labute approximate surface area is 109 Å². The summed E-state index contributed by atoms with van der Waals surface area (Å²) in [6, 6.07) is 0. The van der Waals surface area contributed by atoms with Gasteiger partial charge in [-0.25, -0.2) is 0 Å². The number of ketones is 2. The van der Waals surface area contributed by atoms with Crippen molar-refractivity contribution < 1.29 is 14.4 Å². The van der Waals surface area contributed by atoms with E-state index in [1.165, 1.54) is 7.11 Å². The monoisotopic (exact) mass is 253 g/mol. The lowest BCUT2D eigenvalue weighted by molar-refractivity contribution is -0.123. The van der Waals surface area contributed by atoms with Gasteiger partial charge in [-0.3, -0.25) is 9.59 Å². The van der Waals surface area contributed by atoms with E-state index in [1.54, 1.807) is 41.5 Å². The molecule has 102 valence electrons. The number of carbonyl (C=O) groups excluding carboxylic acids is 2. The molecule has 0 bridgehead atoms. The van der Waals surface area contributed by atoms with Crippen molar-refractivity contribution in [3.8, 4) is 0 Å². The zero-order valence-corrected chi connectivity index (χ0v) is 12.4. The molecular formula is C14H23NO3. The summed E-state index contributed by atoms with van der Waals surface area (Å²) in [6.45, 7) is 14.3. The van der Waals surface area contributed by atoms with Crippen molar-refractivity contribution in [3.63, 3.8) is 0 Å². The molecule has 0 amide bonds. The van der Waals surface area contributed by atoms with Crippen LogP contribution in [0.1, 0.15) is 41.5 Å². The predicted octanol–water partition coefficient (Wildman–Crippen LogP) is 2.78. The summed E-state index contributed by atoms with van der Waals surface area (Å²) in [4.78, 5) is 29.0. The second-order valence-corrected chi connectivity index (χ2v) is 6.26. The Hall–Kier alpha value is -1.45. The third kappa shape index (κ3) is 4.09. The molecule has 0 saturated carbocycles. The van der Waals surface area contributed by atoms with E-state index in [0.717, 1.165) is 0 Å². The largest absolute Gasteiger partial charge is 0.399 e. The number of rotatable bonds is 4. The Morgan fingerprint density at radius 1 is 0.944 bits per heavy atom. The van der Waals surface area contributed by atoms with Gasteiger partial charge < -0.3 is 4.84 Å². The van der Waals surface area contributed by atoms with Gasteiger partial charge in [0.2, 0.25) is 0 Å². The van der Waals surface area contributed by atoms with Crippen LogP contribution >= 0.6 is 0 Å². The van der Waals surface area contributed by atoms with Crippen molar-refractivity contribution in [2.75, 3.05) is 7.11 Å². The van der Waals surface area contributed by atoms with Gasteiger partial charge in [-0.1, -0.05) is 53.3 Å². The first-order valence-electron chi connectivity index (χ1n) is 5.83. The quantitative estimate of drug-likeness (QED) is 0.440. The van der Waals surface area contributed by atoms with E-state index in [1.807, 2.05) is 0 Å². The highest BCUT2D eigenvalue weighted by atomic mass is 16.6. The molecule has 0 rings (SSSR count). The molecule has 0 aliphatic carbocycles. The summed E-state index contributed by atoms with van der Waals surface area (Å²) in [5.41, 5.74) is -1.14. The van der Waals surface area contributed by atoms with Crippen LogP contribution in [-0.2, 0) is 14.4 Å². The Morgan fingerprint density at radius 2 is 1.33 bits per heavy atom. The second kappa shape index (κ2) is 5.46. The maximum Gasteiger partial charge on any atom is 0.190 e. The third-order valence-electron chi connectivity index (χ3n) is 2.32. The Balaban J connectivity index is 5.44. The van der Waals surface area contributed by atoms with E-state index in [9.17, 15) is 9.59 Å². The number of hydrogen-bond donors (Lipinski definition) is 0. The van der Waals surface area contributed by atoms with E-state index in [4.69, 9.17) is 0 Å². The van der Waals surface area contributed by atoms with Gasteiger partial charge in [0.1, 0.15) is 7.11 Å². The lowest BCUT2D eigenvalue weighted by Gasteiger charge is -2.22. The van der Waals surface area contributed by atoms with Crippen LogP contribution in [0.15, 0.2) is 17.3 Å². The van der Waals surface area contributed by atoms with E-state index in [-0.39, 0.29) is 22.9 Å². The van der Waals surface area contributed by atoms with Gasteiger partial charge in [-0.2, -0.15) is 0 Å². The number of nitrogens with zero attached hydrogens (tertiary/aromatic N) is 1. The molecule has 0 aromatic carbocycles. The molecule has 0 atom stereocenters. The van der Waals surface area contributed by atoms with Gasteiger partial charge in [0.25, 0.3) is 0 Å².